The molecule has 0 fully saturated rings. The van der Waals surface area contributed by atoms with Crippen LogP contribution in [0, 0.1) is 12.8 Å². The zero-order chi connectivity index (χ0) is 13.9. The van der Waals surface area contributed by atoms with Gasteiger partial charge in [-0.25, -0.2) is 9.59 Å². The molecule has 0 aliphatic heterocycles. The Morgan fingerprint density at radius 3 is 1.89 bits per heavy atom. The second-order valence-electron chi connectivity index (χ2n) is 4.88. The average molecular weight is 250 g/mol. The van der Waals surface area contributed by atoms with E-state index < -0.39 is 11.9 Å². The predicted octanol–water partition coefficient (Wildman–Crippen LogP) is 2.98. The smallest absolute Gasteiger partial charge is 0.335 e. The second-order valence-corrected chi connectivity index (χ2v) is 4.88. The van der Waals surface area contributed by atoms with E-state index in [1.54, 1.807) is 6.92 Å². The fourth-order valence-corrected chi connectivity index (χ4v) is 1.90. The number of hydrogen-bond acceptors (Lipinski definition) is 2. The summed E-state index contributed by atoms with van der Waals surface area (Å²) in [7, 11) is 0. The summed E-state index contributed by atoms with van der Waals surface area (Å²) in [4.78, 5) is 22.4. The Bertz CT molecular complexity index is 440. The van der Waals surface area contributed by atoms with Crippen molar-refractivity contribution in [3.63, 3.8) is 0 Å². The first-order valence-corrected chi connectivity index (χ1v) is 5.93. The van der Waals surface area contributed by atoms with Crippen molar-refractivity contribution in [2.75, 3.05) is 0 Å². The largest absolute Gasteiger partial charge is 0.478 e. The second kappa shape index (κ2) is 5.67. The molecule has 1 aromatic carbocycles. The molecule has 0 radical (unpaired) electrons. The van der Waals surface area contributed by atoms with Gasteiger partial charge in [0.1, 0.15) is 0 Å². The number of benzene rings is 1. The lowest BCUT2D eigenvalue weighted by molar-refractivity contribution is 0.0695. The van der Waals surface area contributed by atoms with Crippen molar-refractivity contribution in [2.24, 2.45) is 5.92 Å². The summed E-state index contributed by atoms with van der Waals surface area (Å²) in [5.74, 6) is -1.74. The van der Waals surface area contributed by atoms with Crippen molar-refractivity contribution in [1.29, 1.82) is 0 Å². The molecule has 4 nitrogen and oxygen atoms in total. The van der Waals surface area contributed by atoms with Crippen molar-refractivity contribution in [3.05, 3.63) is 34.4 Å². The third kappa shape index (κ3) is 3.32. The zero-order valence-electron chi connectivity index (χ0n) is 10.9. The fourth-order valence-electron chi connectivity index (χ4n) is 1.90. The van der Waals surface area contributed by atoms with Gasteiger partial charge in [0.2, 0.25) is 0 Å². The maximum absolute atomic E-state index is 11.2. The van der Waals surface area contributed by atoms with Crippen LogP contribution in [0.5, 0.6) is 0 Å². The summed E-state index contributed by atoms with van der Waals surface area (Å²) in [6.45, 7) is 5.75. The fraction of sp³-hybridized carbons (Fsp3) is 0.429. The molecule has 0 amide bonds. The van der Waals surface area contributed by atoms with Gasteiger partial charge in [-0.3, -0.25) is 0 Å². The highest BCUT2D eigenvalue weighted by Gasteiger charge is 2.19. The van der Waals surface area contributed by atoms with E-state index >= 15 is 0 Å². The van der Waals surface area contributed by atoms with Crippen LogP contribution in [0.4, 0.5) is 0 Å². The van der Waals surface area contributed by atoms with Crippen molar-refractivity contribution in [1.82, 2.24) is 0 Å². The van der Waals surface area contributed by atoms with Crippen molar-refractivity contribution in [3.8, 4) is 0 Å². The van der Waals surface area contributed by atoms with Gasteiger partial charge < -0.3 is 10.2 Å². The molecule has 0 spiro atoms. The first kappa shape index (κ1) is 14.2. The Hall–Kier alpha value is -1.84. The van der Waals surface area contributed by atoms with Gasteiger partial charge in [0, 0.05) is 0 Å². The number of aryl methyl sites for hydroxylation is 1. The molecule has 0 bridgehead atoms. The Kier molecular flexibility index (Phi) is 4.48. The Labute approximate surface area is 106 Å². The molecular formula is C14H18O4. The summed E-state index contributed by atoms with van der Waals surface area (Å²) in [5.41, 5.74) is 1.29. The van der Waals surface area contributed by atoms with Crippen LogP contribution in [0.25, 0.3) is 0 Å². The lowest BCUT2D eigenvalue weighted by Crippen LogP contribution is -2.11. The quantitative estimate of drug-likeness (QED) is 0.842. The number of aromatic carboxylic acids is 2. The van der Waals surface area contributed by atoms with Gasteiger partial charge >= 0.3 is 11.9 Å². The molecule has 0 aliphatic carbocycles. The van der Waals surface area contributed by atoms with E-state index in [1.807, 2.05) is 13.8 Å². The van der Waals surface area contributed by atoms with E-state index in [9.17, 15) is 9.59 Å². The van der Waals surface area contributed by atoms with Gasteiger partial charge in [0.25, 0.3) is 0 Å². The van der Waals surface area contributed by atoms with Crippen LogP contribution in [-0.4, -0.2) is 22.2 Å². The van der Waals surface area contributed by atoms with Crippen LogP contribution in [-0.2, 0) is 6.42 Å². The minimum Gasteiger partial charge on any atom is -0.478 e. The predicted molar refractivity (Wildman–Crippen MR) is 68.3 cm³/mol. The molecule has 18 heavy (non-hydrogen) atoms. The van der Waals surface area contributed by atoms with Crippen LogP contribution >= 0.6 is 0 Å². The molecule has 0 heterocycles. The maximum atomic E-state index is 11.2. The first-order chi connectivity index (χ1) is 8.32. The Morgan fingerprint density at radius 2 is 1.56 bits per heavy atom. The van der Waals surface area contributed by atoms with Crippen LogP contribution < -0.4 is 0 Å². The molecule has 98 valence electrons. The number of carboxylic acids is 2. The van der Waals surface area contributed by atoms with Crippen molar-refractivity contribution < 1.29 is 19.8 Å². The highest BCUT2D eigenvalue weighted by Crippen LogP contribution is 2.21. The topological polar surface area (TPSA) is 74.6 Å². The lowest BCUT2D eigenvalue weighted by Gasteiger charge is -2.12. The molecule has 0 unspecified atom stereocenters. The van der Waals surface area contributed by atoms with E-state index in [1.165, 1.54) is 12.1 Å². The van der Waals surface area contributed by atoms with Gasteiger partial charge in [-0.05, 0) is 48.9 Å². The average Bonchev–Trinajstić information content (AvgIpc) is 2.25. The Balaban J connectivity index is 3.31. The molecule has 0 aromatic heterocycles. The third-order valence-corrected chi connectivity index (χ3v) is 2.83. The number of hydrogen-bond donors (Lipinski definition) is 2. The SMILES string of the molecule is Cc1cc(C(=O)O)c(CCC(C)C)c(C(=O)O)c1. The number of rotatable bonds is 5. The summed E-state index contributed by atoms with van der Waals surface area (Å²) in [5, 5.41) is 18.3. The summed E-state index contributed by atoms with van der Waals surface area (Å²) in [6.07, 6.45) is 1.24. The zero-order valence-corrected chi connectivity index (χ0v) is 10.9. The summed E-state index contributed by atoms with van der Waals surface area (Å²) in [6, 6.07) is 3.06. The van der Waals surface area contributed by atoms with E-state index in [0.29, 0.717) is 23.5 Å². The first-order valence-electron chi connectivity index (χ1n) is 5.93. The molecule has 0 aliphatic rings. The van der Waals surface area contributed by atoms with Crippen LogP contribution in [0.2, 0.25) is 0 Å². The van der Waals surface area contributed by atoms with Crippen LogP contribution in [0.15, 0.2) is 12.1 Å². The van der Waals surface area contributed by atoms with Gasteiger partial charge in [0.15, 0.2) is 0 Å². The maximum Gasteiger partial charge on any atom is 0.335 e. The molecule has 1 rings (SSSR count). The van der Waals surface area contributed by atoms with E-state index in [-0.39, 0.29) is 11.1 Å². The van der Waals surface area contributed by atoms with Gasteiger partial charge in [-0.2, -0.15) is 0 Å². The van der Waals surface area contributed by atoms with Crippen LogP contribution in [0.3, 0.4) is 0 Å². The molecular weight excluding hydrogens is 232 g/mol. The lowest BCUT2D eigenvalue weighted by atomic mass is 9.92. The summed E-state index contributed by atoms with van der Waals surface area (Å²) >= 11 is 0. The summed E-state index contributed by atoms with van der Waals surface area (Å²) < 4.78 is 0. The normalized spacial score (nSPS) is 10.7. The van der Waals surface area contributed by atoms with E-state index in [2.05, 4.69) is 0 Å². The third-order valence-electron chi connectivity index (χ3n) is 2.83. The minimum atomic E-state index is -1.07. The molecule has 1 aromatic rings. The number of carbonyl (C=O) groups is 2. The molecule has 0 saturated carbocycles. The van der Waals surface area contributed by atoms with Crippen molar-refractivity contribution in [2.45, 2.75) is 33.6 Å². The molecule has 2 N–H and O–H groups in total. The Morgan fingerprint density at radius 1 is 1.11 bits per heavy atom. The highest BCUT2D eigenvalue weighted by atomic mass is 16.4. The van der Waals surface area contributed by atoms with Gasteiger partial charge in [-0.1, -0.05) is 13.8 Å². The molecule has 0 saturated heterocycles. The van der Waals surface area contributed by atoms with Gasteiger partial charge in [0.05, 0.1) is 11.1 Å². The van der Waals surface area contributed by atoms with E-state index in [4.69, 9.17) is 10.2 Å². The molecule has 0 atom stereocenters. The highest BCUT2D eigenvalue weighted by molar-refractivity contribution is 5.97. The number of carboxylic acid groups (broad SMARTS) is 2. The minimum absolute atomic E-state index is 0.105. The standard InChI is InChI=1S/C14H18O4/c1-8(2)4-5-10-11(13(15)16)6-9(3)7-12(10)14(17)18/h6-8H,4-5H2,1-3H3,(H,15,16)(H,17,18). The van der Waals surface area contributed by atoms with Crippen molar-refractivity contribution >= 4 is 11.9 Å². The monoisotopic (exact) mass is 250 g/mol. The van der Waals surface area contributed by atoms with Gasteiger partial charge in [-0.15, -0.1) is 0 Å². The van der Waals surface area contributed by atoms with Crippen LogP contribution in [0.1, 0.15) is 52.1 Å². The van der Waals surface area contributed by atoms with E-state index in [0.717, 1.165) is 6.42 Å². The molecule has 4 heteroatoms.